The molecule has 0 aliphatic heterocycles. The predicted molar refractivity (Wildman–Crippen MR) is 179 cm³/mol. The molecule has 8 heteroatoms. The Morgan fingerprint density at radius 1 is 0.848 bits per heavy atom. The van der Waals surface area contributed by atoms with Gasteiger partial charge in [0.15, 0.2) is 0 Å². The molecule has 4 aromatic carbocycles. The molecule has 4 N–H and O–H groups in total. The number of para-hydroxylation sites is 1. The zero-order valence-corrected chi connectivity index (χ0v) is 25.5. The second kappa shape index (κ2) is 14.3. The molecule has 2 atom stereocenters. The van der Waals surface area contributed by atoms with Gasteiger partial charge in [0.25, 0.3) is 0 Å². The number of aliphatic hydroxyl groups is 2. The molecule has 0 unspecified atom stereocenters. The van der Waals surface area contributed by atoms with Gasteiger partial charge in [0.1, 0.15) is 23.1 Å². The van der Waals surface area contributed by atoms with E-state index in [1.807, 2.05) is 24.3 Å². The average Bonchev–Trinajstić information content (AvgIpc) is 3.34. The Balaban J connectivity index is 1.26. The molecule has 0 saturated heterocycles. The first-order valence-electron chi connectivity index (χ1n) is 15.0. The minimum atomic E-state index is -1.19. The van der Waals surface area contributed by atoms with Crippen LogP contribution in [0, 0.1) is 5.82 Å². The molecule has 0 radical (unpaired) electrons. The number of hydrogen-bond acceptors (Lipinski definition) is 6. The highest BCUT2D eigenvalue weighted by Gasteiger charge is 2.20. The Morgan fingerprint density at radius 3 is 2.26 bits per heavy atom. The summed E-state index contributed by atoms with van der Waals surface area (Å²) in [5.41, 5.74) is 4.97. The molecule has 0 fully saturated rings. The number of halogens is 1. The quantitative estimate of drug-likeness (QED) is 0.0682. The van der Waals surface area contributed by atoms with Crippen molar-refractivity contribution in [3.63, 3.8) is 0 Å². The highest BCUT2D eigenvalue weighted by Crippen LogP contribution is 2.38. The Bertz CT molecular complexity index is 1870. The Kier molecular flexibility index (Phi) is 10.0. The van der Waals surface area contributed by atoms with E-state index < -0.39 is 18.2 Å². The van der Waals surface area contributed by atoms with Gasteiger partial charge >= 0.3 is 5.97 Å². The molecule has 0 amide bonds. The largest absolute Gasteiger partial charge is 0.508 e. The van der Waals surface area contributed by atoms with Crippen LogP contribution in [0.3, 0.4) is 0 Å². The van der Waals surface area contributed by atoms with Crippen LogP contribution in [0.1, 0.15) is 49.6 Å². The van der Waals surface area contributed by atoms with Gasteiger partial charge in [-0.25, -0.2) is 4.39 Å². The predicted octanol–water partition coefficient (Wildman–Crippen LogP) is 7.73. The van der Waals surface area contributed by atoms with Gasteiger partial charge in [-0.1, -0.05) is 60.7 Å². The summed E-state index contributed by atoms with van der Waals surface area (Å²) in [5, 5.41) is 42.0. The third-order valence-electron chi connectivity index (χ3n) is 7.50. The summed E-state index contributed by atoms with van der Waals surface area (Å²) in [4.78, 5) is 12.6. The number of fused-ring (bicyclic) bond motifs is 1. The van der Waals surface area contributed by atoms with E-state index >= 15 is 0 Å². The van der Waals surface area contributed by atoms with E-state index in [2.05, 4.69) is 18.4 Å². The molecule has 7 nitrogen and oxygen atoms in total. The lowest BCUT2D eigenvalue weighted by Gasteiger charge is -2.15. The molecular weight excluding hydrogens is 585 g/mol. The third-order valence-corrected chi connectivity index (χ3v) is 7.50. The van der Waals surface area contributed by atoms with Gasteiger partial charge in [-0.15, -0.1) is 0 Å². The summed E-state index contributed by atoms with van der Waals surface area (Å²) >= 11 is 0. The molecule has 0 bridgehead atoms. The smallest absolute Gasteiger partial charge is 0.313 e. The molecule has 46 heavy (non-hydrogen) atoms. The van der Waals surface area contributed by atoms with Crippen molar-refractivity contribution >= 4 is 35.1 Å². The fourth-order valence-corrected chi connectivity index (χ4v) is 5.47. The maximum absolute atomic E-state index is 13.7. The van der Waals surface area contributed by atoms with Crippen LogP contribution in [-0.2, 0) is 4.79 Å². The van der Waals surface area contributed by atoms with Crippen molar-refractivity contribution < 1.29 is 34.3 Å². The molecule has 0 aliphatic rings. The lowest BCUT2D eigenvalue weighted by atomic mass is 10.0. The maximum atomic E-state index is 13.7. The zero-order valence-electron chi connectivity index (χ0n) is 25.5. The first kappa shape index (κ1) is 32.2. The van der Waals surface area contributed by atoms with Crippen LogP contribution in [0.5, 0.6) is 17.2 Å². The number of rotatable bonds is 11. The van der Waals surface area contributed by atoms with Gasteiger partial charge in [-0.2, -0.15) is 0 Å². The Hall–Kier alpha value is -5.18. The van der Waals surface area contributed by atoms with Crippen molar-refractivity contribution in [2.24, 2.45) is 0 Å². The van der Waals surface area contributed by atoms with Crippen molar-refractivity contribution in [1.29, 1.82) is 0 Å². The molecule has 0 spiro atoms. The van der Waals surface area contributed by atoms with E-state index in [-0.39, 0.29) is 41.9 Å². The normalized spacial score (nSPS) is 13.2. The number of hydrogen-bond donors (Lipinski definition) is 4. The Labute approximate surface area is 266 Å². The van der Waals surface area contributed by atoms with Crippen LogP contribution in [-0.4, -0.2) is 43.2 Å². The van der Waals surface area contributed by atoms with E-state index in [0.29, 0.717) is 5.56 Å². The highest BCUT2D eigenvalue weighted by molar-refractivity contribution is 6.01. The third kappa shape index (κ3) is 7.90. The first-order chi connectivity index (χ1) is 22.1. The van der Waals surface area contributed by atoms with E-state index in [4.69, 9.17) is 4.74 Å². The number of carbonyl (C=O) groups excluding carboxylic acids is 1. The van der Waals surface area contributed by atoms with E-state index in [0.717, 1.165) is 33.3 Å². The number of phenolic OH excluding ortho intramolecular Hbond substituents is 2. The highest BCUT2D eigenvalue weighted by atomic mass is 19.1. The van der Waals surface area contributed by atoms with E-state index in [1.54, 1.807) is 66.8 Å². The summed E-state index contributed by atoms with van der Waals surface area (Å²) in [6.45, 7) is 4.12. The number of benzene rings is 4. The molecule has 0 aliphatic carbocycles. The van der Waals surface area contributed by atoms with Gasteiger partial charge < -0.3 is 29.7 Å². The molecular formula is C38H36FNO6. The number of ether oxygens (including phenoxy) is 1. The number of esters is 1. The fraction of sp³-hybridized carbons (Fsp3) is 0.184. The molecule has 5 aromatic rings. The number of phenols is 2. The van der Waals surface area contributed by atoms with Crippen LogP contribution < -0.4 is 4.74 Å². The molecule has 1 aromatic heterocycles. The van der Waals surface area contributed by atoms with Gasteiger partial charge in [0, 0.05) is 40.7 Å². The van der Waals surface area contributed by atoms with Crippen molar-refractivity contribution in [2.45, 2.75) is 44.9 Å². The van der Waals surface area contributed by atoms with Crippen LogP contribution in [0.4, 0.5) is 4.39 Å². The van der Waals surface area contributed by atoms with Crippen molar-refractivity contribution in [2.75, 3.05) is 0 Å². The number of carbonyl (C=O) groups is 1. The minimum Gasteiger partial charge on any atom is -0.508 e. The molecule has 1 heterocycles. The van der Waals surface area contributed by atoms with Gasteiger partial charge in [0.2, 0.25) is 0 Å². The lowest BCUT2D eigenvalue weighted by Crippen LogP contribution is -2.22. The molecule has 236 valence electrons. The second-order valence-electron chi connectivity index (χ2n) is 11.4. The van der Waals surface area contributed by atoms with Crippen LogP contribution >= 0.6 is 0 Å². The van der Waals surface area contributed by atoms with E-state index in [1.165, 1.54) is 24.3 Å². The SMILES string of the molecule is CC(C)n1c(/C=C/[C@H](O)C[C@H](O)CC(=O)Oc2cc(O)cc(/C=C/c3ccc(O)cc3)c2)c(-c2ccc(F)cc2)c2ccccc21. The van der Waals surface area contributed by atoms with Gasteiger partial charge in [-0.05, 0) is 79.1 Å². The number of aromatic nitrogens is 1. The average molecular weight is 622 g/mol. The summed E-state index contributed by atoms with van der Waals surface area (Å²) in [6.07, 6.45) is 4.14. The Morgan fingerprint density at radius 2 is 1.54 bits per heavy atom. The fourth-order valence-electron chi connectivity index (χ4n) is 5.47. The summed E-state index contributed by atoms with van der Waals surface area (Å²) in [7, 11) is 0. The lowest BCUT2D eigenvalue weighted by molar-refractivity contribution is -0.136. The molecule has 5 rings (SSSR count). The van der Waals surface area contributed by atoms with Gasteiger partial charge in [0.05, 0.1) is 18.6 Å². The summed E-state index contributed by atoms with van der Waals surface area (Å²) < 4.78 is 21.3. The van der Waals surface area contributed by atoms with Gasteiger partial charge in [-0.3, -0.25) is 4.79 Å². The van der Waals surface area contributed by atoms with E-state index in [9.17, 15) is 29.6 Å². The summed E-state index contributed by atoms with van der Waals surface area (Å²) in [6, 6.07) is 25.3. The zero-order chi connectivity index (χ0) is 32.8. The van der Waals surface area contributed by atoms with Crippen molar-refractivity contribution in [3.8, 4) is 28.4 Å². The topological polar surface area (TPSA) is 112 Å². The van der Waals surface area contributed by atoms with Crippen LogP contribution in [0.2, 0.25) is 0 Å². The van der Waals surface area contributed by atoms with Crippen LogP contribution in [0.25, 0.3) is 40.3 Å². The minimum absolute atomic E-state index is 0.0810. The monoisotopic (exact) mass is 621 g/mol. The maximum Gasteiger partial charge on any atom is 0.313 e. The second-order valence-corrected chi connectivity index (χ2v) is 11.4. The standard InChI is InChI=1S/C38H36FNO6/c1-24(2)40-35-6-4-3-5-34(35)38(27-11-13-28(39)14-12-27)36(40)18-17-30(42)21-32(44)23-37(45)46-33-20-26(19-31(43)22-33)8-7-25-9-15-29(41)16-10-25/h3-20,22,24,30,32,41-44H,21,23H2,1-2H3/b8-7+,18-17+/t30-,32-/m0/s1. The number of aliphatic hydroxyl groups excluding tert-OH is 2. The first-order valence-corrected chi connectivity index (χ1v) is 15.0. The number of nitrogens with zero attached hydrogens (tertiary/aromatic N) is 1. The van der Waals surface area contributed by atoms with Crippen molar-refractivity contribution in [1.82, 2.24) is 4.57 Å². The van der Waals surface area contributed by atoms with Crippen molar-refractivity contribution in [3.05, 3.63) is 120 Å². The molecule has 0 saturated carbocycles. The van der Waals surface area contributed by atoms with Crippen LogP contribution in [0.15, 0.2) is 97.1 Å². The summed E-state index contributed by atoms with van der Waals surface area (Å²) in [5.74, 6) is -0.890. The number of aromatic hydroxyl groups is 2.